The minimum absolute atomic E-state index is 0.128. The molecule has 2 aliphatic rings. The van der Waals surface area contributed by atoms with Gasteiger partial charge in [0.1, 0.15) is 11.2 Å². The highest BCUT2D eigenvalue weighted by Gasteiger charge is 2.36. The SMILES string of the molecule is CC1(C)c2ccccc2-c2cc3c4ccccc4n(-c4nc(C5=CCCC=C5)nc(-c5ccc6c(c5)oc5ccccc56)n4)c3cc21. The molecule has 8 aromatic rings. The van der Waals surface area contributed by atoms with E-state index in [2.05, 4.69) is 122 Å². The number of fused-ring (bicyclic) bond motifs is 9. The average molecular weight is 607 g/mol. The van der Waals surface area contributed by atoms with Crippen molar-refractivity contribution in [3.63, 3.8) is 0 Å². The van der Waals surface area contributed by atoms with Crippen LogP contribution >= 0.6 is 0 Å². The van der Waals surface area contributed by atoms with Gasteiger partial charge < -0.3 is 4.42 Å². The maximum absolute atomic E-state index is 6.27. The predicted molar refractivity (Wildman–Crippen MR) is 191 cm³/mol. The van der Waals surface area contributed by atoms with Gasteiger partial charge in [0.05, 0.1) is 11.0 Å². The molecule has 0 aliphatic heterocycles. The Morgan fingerprint density at radius 2 is 1.40 bits per heavy atom. The Labute approximate surface area is 271 Å². The number of rotatable bonds is 3. The van der Waals surface area contributed by atoms with Crippen LogP contribution in [-0.4, -0.2) is 19.5 Å². The highest BCUT2D eigenvalue weighted by Crippen LogP contribution is 2.51. The van der Waals surface area contributed by atoms with E-state index in [1.54, 1.807) is 0 Å². The maximum Gasteiger partial charge on any atom is 0.238 e. The molecule has 0 radical (unpaired) electrons. The fourth-order valence-corrected chi connectivity index (χ4v) is 7.75. The van der Waals surface area contributed by atoms with E-state index >= 15 is 0 Å². The molecule has 10 rings (SSSR count). The first-order chi connectivity index (χ1) is 23.0. The largest absolute Gasteiger partial charge is 0.456 e. The molecule has 5 nitrogen and oxygen atoms in total. The fourth-order valence-electron chi connectivity index (χ4n) is 7.75. The van der Waals surface area contributed by atoms with Crippen molar-refractivity contribution in [1.82, 2.24) is 19.5 Å². The third-order valence-corrected chi connectivity index (χ3v) is 10.1. The number of hydrogen-bond acceptors (Lipinski definition) is 4. The fraction of sp³-hybridized carbons (Fsp3) is 0.119. The molecule has 0 saturated carbocycles. The molecule has 0 N–H and O–H groups in total. The Morgan fingerprint density at radius 1 is 0.617 bits per heavy atom. The summed E-state index contributed by atoms with van der Waals surface area (Å²) in [6, 6.07) is 36.5. The summed E-state index contributed by atoms with van der Waals surface area (Å²) in [6.07, 6.45) is 8.54. The lowest BCUT2D eigenvalue weighted by Gasteiger charge is -2.21. The van der Waals surface area contributed by atoms with E-state index in [1.807, 2.05) is 18.2 Å². The zero-order chi connectivity index (χ0) is 31.3. The van der Waals surface area contributed by atoms with Gasteiger partial charge in [0, 0.05) is 38.1 Å². The van der Waals surface area contributed by atoms with Crippen LogP contribution in [0.5, 0.6) is 0 Å². The van der Waals surface area contributed by atoms with Crippen LogP contribution in [-0.2, 0) is 5.41 Å². The minimum Gasteiger partial charge on any atom is -0.456 e. The molecule has 5 heteroatoms. The summed E-state index contributed by atoms with van der Waals surface area (Å²) >= 11 is 0. The smallest absolute Gasteiger partial charge is 0.238 e. The lowest BCUT2D eigenvalue weighted by atomic mass is 9.82. The molecule has 0 fully saturated rings. The number of furan rings is 1. The van der Waals surface area contributed by atoms with Crippen LogP contribution in [0.15, 0.2) is 126 Å². The van der Waals surface area contributed by atoms with Crippen LogP contribution in [0.25, 0.3) is 77.8 Å². The number of benzene rings is 5. The van der Waals surface area contributed by atoms with Crippen molar-refractivity contribution in [3.8, 4) is 28.5 Å². The van der Waals surface area contributed by atoms with Gasteiger partial charge in [-0.2, -0.15) is 9.97 Å². The minimum atomic E-state index is -0.128. The molecule has 0 atom stereocenters. The van der Waals surface area contributed by atoms with E-state index in [9.17, 15) is 0 Å². The molecule has 47 heavy (non-hydrogen) atoms. The molecular weight excluding hydrogens is 576 g/mol. The molecule has 3 aromatic heterocycles. The van der Waals surface area contributed by atoms with Gasteiger partial charge in [0.2, 0.25) is 5.95 Å². The Hall–Kier alpha value is -5.81. The van der Waals surface area contributed by atoms with Crippen LogP contribution in [0.4, 0.5) is 0 Å². The van der Waals surface area contributed by atoms with Crippen molar-refractivity contribution in [1.29, 1.82) is 0 Å². The second-order valence-corrected chi connectivity index (χ2v) is 13.2. The number of hydrogen-bond donors (Lipinski definition) is 0. The topological polar surface area (TPSA) is 56.7 Å². The highest BCUT2D eigenvalue weighted by atomic mass is 16.3. The molecule has 0 amide bonds. The van der Waals surface area contributed by atoms with Gasteiger partial charge in [-0.25, -0.2) is 4.98 Å². The summed E-state index contributed by atoms with van der Waals surface area (Å²) in [5.41, 5.74) is 10.9. The van der Waals surface area contributed by atoms with Crippen LogP contribution in [0, 0.1) is 0 Å². The second-order valence-electron chi connectivity index (χ2n) is 13.2. The van der Waals surface area contributed by atoms with Crippen LogP contribution in [0.1, 0.15) is 43.6 Å². The van der Waals surface area contributed by atoms with Crippen LogP contribution in [0.3, 0.4) is 0 Å². The van der Waals surface area contributed by atoms with Crippen molar-refractivity contribution in [2.45, 2.75) is 32.1 Å². The molecule has 0 saturated heterocycles. The van der Waals surface area contributed by atoms with Crippen molar-refractivity contribution in [2.75, 3.05) is 0 Å². The summed E-state index contributed by atoms with van der Waals surface area (Å²) in [5, 5.41) is 4.55. The molecule has 3 heterocycles. The summed E-state index contributed by atoms with van der Waals surface area (Å²) in [5.74, 6) is 1.89. The van der Waals surface area contributed by atoms with E-state index in [1.165, 1.54) is 33.0 Å². The Bertz CT molecular complexity index is 2670. The van der Waals surface area contributed by atoms with E-state index in [0.717, 1.165) is 57.0 Å². The van der Waals surface area contributed by atoms with Gasteiger partial charge in [-0.15, -0.1) is 0 Å². The van der Waals surface area contributed by atoms with Crippen LogP contribution in [0.2, 0.25) is 0 Å². The summed E-state index contributed by atoms with van der Waals surface area (Å²) < 4.78 is 8.50. The number of allylic oxidation sites excluding steroid dienone is 4. The first-order valence-corrected chi connectivity index (χ1v) is 16.3. The Kier molecular flexibility index (Phi) is 5.39. The van der Waals surface area contributed by atoms with Gasteiger partial charge in [-0.1, -0.05) is 98.8 Å². The zero-order valence-corrected chi connectivity index (χ0v) is 26.2. The van der Waals surface area contributed by atoms with E-state index in [-0.39, 0.29) is 5.41 Å². The van der Waals surface area contributed by atoms with Gasteiger partial charge in [-0.05, 0) is 71.5 Å². The molecule has 5 aromatic carbocycles. The van der Waals surface area contributed by atoms with Gasteiger partial charge in [0.25, 0.3) is 0 Å². The van der Waals surface area contributed by atoms with Crippen molar-refractivity contribution in [3.05, 3.63) is 138 Å². The highest BCUT2D eigenvalue weighted by molar-refractivity contribution is 6.11. The second kappa shape index (κ2) is 9.60. The van der Waals surface area contributed by atoms with E-state index in [4.69, 9.17) is 19.4 Å². The van der Waals surface area contributed by atoms with Gasteiger partial charge >= 0.3 is 0 Å². The van der Waals surface area contributed by atoms with Gasteiger partial charge in [-0.3, -0.25) is 4.57 Å². The summed E-state index contributed by atoms with van der Waals surface area (Å²) in [7, 11) is 0. The van der Waals surface area contributed by atoms with Crippen molar-refractivity contribution in [2.24, 2.45) is 0 Å². The quantitative estimate of drug-likeness (QED) is 0.201. The van der Waals surface area contributed by atoms with Crippen molar-refractivity contribution >= 4 is 49.3 Å². The Balaban J connectivity index is 1.25. The average Bonchev–Trinajstić information content (AvgIpc) is 3.73. The maximum atomic E-state index is 6.27. The standard InChI is InChI=1S/C42H30N4O/c1-42(2)33-17-9-6-14-27(33)31-23-32-28-15-7-10-18-35(28)46(36(32)24-34(31)42)41-44-39(25-12-4-3-5-13-25)43-40(45-41)26-20-21-30-29-16-8-11-19-37(29)47-38(30)22-26/h4,6-24H,3,5H2,1-2H3. The van der Waals surface area contributed by atoms with E-state index in [0.29, 0.717) is 17.6 Å². The molecule has 224 valence electrons. The number of para-hydroxylation sites is 2. The van der Waals surface area contributed by atoms with Crippen molar-refractivity contribution < 1.29 is 4.42 Å². The first-order valence-electron chi connectivity index (χ1n) is 16.3. The monoisotopic (exact) mass is 606 g/mol. The lowest BCUT2D eigenvalue weighted by Crippen LogP contribution is -2.15. The molecule has 0 bridgehead atoms. The van der Waals surface area contributed by atoms with Gasteiger partial charge in [0.15, 0.2) is 11.6 Å². The predicted octanol–water partition coefficient (Wildman–Crippen LogP) is 10.6. The zero-order valence-electron chi connectivity index (χ0n) is 26.2. The Morgan fingerprint density at radius 3 is 2.30 bits per heavy atom. The lowest BCUT2D eigenvalue weighted by molar-refractivity contribution is 0.661. The number of aromatic nitrogens is 4. The molecule has 0 spiro atoms. The first kappa shape index (κ1) is 26.4. The molecule has 2 aliphatic carbocycles. The normalized spacial score (nSPS) is 15.1. The third kappa shape index (κ3) is 3.80. The third-order valence-electron chi connectivity index (χ3n) is 10.1. The van der Waals surface area contributed by atoms with Crippen LogP contribution < -0.4 is 0 Å². The van der Waals surface area contributed by atoms with E-state index < -0.39 is 0 Å². The molecular formula is C42H30N4O. The summed E-state index contributed by atoms with van der Waals surface area (Å²) in [4.78, 5) is 15.5. The molecule has 0 unspecified atom stereocenters. The number of nitrogens with zero attached hydrogens (tertiary/aromatic N) is 4. The summed E-state index contributed by atoms with van der Waals surface area (Å²) in [6.45, 7) is 4.65.